The summed E-state index contributed by atoms with van der Waals surface area (Å²) in [4.78, 5) is 4.14. The number of hydrogen-bond acceptors (Lipinski definition) is 2. The maximum absolute atomic E-state index is 9.31. The van der Waals surface area contributed by atoms with Crippen LogP contribution in [0.25, 0.3) is 5.65 Å². The molecule has 2 aromatic heterocycles. The van der Waals surface area contributed by atoms with Gasteiger partial charge in [-0.1, -0.05) is 6.92 Å². The largest absolute Gasteiger partial charge is 0.528 e. The molecule has 0 bridgehead atoms. The molecule has 0 aliphatic heterocycles. The molecule has 0 aliphatic rings. The molecule has 0 aliphatic carbocycles. The molecule has 0 unspecified atom stereocenters. The van der Waals surface area contributed by atoms with Crippen molar-refractivity contribution in [1.29, 1.82) is 0 Å². The summed E-state index contributed by atoms with van der Waals surface area (Å²) < 4.78 is 1.58. The summed E-state index contributed by atoms with van der Waals surface area (Å²) in [6.45, 7) is 1.80. The van der Waals surface area contributed by atoms with E-state index in [0.717, 1.165) is 5.65 Å². The Hall–Kier alpha value is -0.822. The molecule has 0 spiro atoms. The Morgan fingerprint density at radius 1 is 1.58 bits per heavy atom. The molecule has 0 atom stereocenters. The van der Waals surface area contributed by atoms with Crippen LogP contribution in [0, 0.1) is 13.0 Å². The van der Waals surface area contributed by atoms with Crippen molar-refractivity contribution in [3.05, 3.63) is 30.1 Å². The number of fused-ring (bicyclic) bond motifs is 1. The molecule has 4 heteroatoms. The van der Waals surface area contributed by atoms with Crippen molar-refractivity contribution >= 4 is 5.65 Å². The predicted octanol–water partition coefficient (Wildman–Crippen LogP) is 1.15. The number of aromatic hydroxyl groups is 1. The molecule has 62 valence electrons. The second-order valence-electron chi connectivity index (χ2n) is 2.38. The van der Waals surface area contributed by atoms with E-state index < -0.39 is 0 Å². The van der Waals surface area contributed by atoms with E-state index in [-0.39, 0.29) is 26.9 Å². The topological polar surface area (TPSA) is 37.5 Å². The van der Waals surface area contributed by atoms with E-state index in [0.29, 0.717) is 5.69 Å². The molecular formula is C8H7N2OW-. The number of nitrogens with zero attached hydrogens (tertiary/aromatic N) is 2. The minimum Gasteiger partial charge on any atom is -0.528 e. The van der Waals surface area contributed by atoms with Crippen LogP contribution in [0.2, 0.25) is 0 Å². The first-order valence-corrected chi connectivity index (χ1v) is 3.33. The van der Waals surface area contributed by atoms with Gasteiger partial charge in [0.05, 0.1) is 0 Å². The molecule has 0 saturated heterocycles. The van der Waals surface area contributed by atoms with Crippen molar-refractivity contribution in [1.82, 2.24) is 9.38 Å². The van der Waals surface area contributed by atoms with Crippen molar-refractivity contribution in [2.24, 2.45) is 0 Å². The molecule has 2 aromatic rings. The van der Waals surface area contributed by atoms with Gasteiger partial charge in [0.15, 0.2) is 0 Å². The van der Waals surface area contributed by atoms with E-state index in [2.05, 4.69) is 11.1 Å². The second-order valence-corrected chi connectivity index (χ2v) is 2.38. The SMILES string of the molecule is Cc1[c-]c(O)n2cccc2n1.[W]. The fourth-order valence-electron chi connectivity index (χ4n) is 1.06. The van der Waals surface area contributed by atoms with Gasteiger partial charge in [-0.05, 0) is 12.1 Å². The van der Waals surface area contributed by atoms with Crippen LogP contribution >= 0.6 is 0 Å². The van der Waals surface area contributed by atoms with Gasteiger partial charge in [0.25, 0.3) is 0 Å². The van der Waals surface area contributed by atoms with Crippen LogP contribution in [0.3, 0.4) is 0 Å². The summed E-state index contributed by atoms with van der Waals surface area (Å²) in [6, 6.07) is 6.37. The third kappa shape index (κ3) is 1.37. The van der Waals surface area contributed by atoms with E-state index in [1.54, 1.807) is 17.5 Å². The van der Waals surface area contributed by atoms with E-state index in [1.807, 2.05) is 12.1 Å². The number of hydrogen-bond donors (Lipinski definition) is 1. The Morgan fingerprint density at radius 3 is 3.08 bits per heavy atom. The van der Waals surface area contributed by atoms with E-state index >= 15 is 0 Å². The zero-order chi connectivity index (χ0) is 7.84. The predicted molar refractivity (Wildman–Crippen MR) is 40.4 cm³/mol. The summed E-state index contributed by atoms with van der Waals surface area (Å²) >= 11 is 0. The smallest absolute Gasteiger partial charge is 0.134 e. The van der Waals surface area contributed by atoms with Gasteiger partial charge in [-0.25, -0.2) is 0 Å². The molecule has 0 radical (unpaired) electrons. The maximum Gasteiger partial charge on any atom is 0.134 e. The van der Waals surface area contributed by atoms with Crippen molar-refractivity contribution in [3.8, 4) is 5.88 Å². The van der Waals surface area contributed by atoms with Gasteiger partial charge in [0.2, 0.25) is 0 Å². The molecule has 0 amide bonds. The maximum atomic E-state index is 9.31. The third-order valence-corrected chi connectivity index (χ3v) is 1.53. The first kappa shape index (κ1) is 9.27. The minimum atomic E-state index is 0. The van der Waals surface area contributed by atoms with E-state index in [1.165, 1.54) is 0 Å². The Morgan fingerprint density at radius 2 is 2.33 bits per heavy atom. The van der Waals surface area contributed by atoms with Gasteiger partial charge in [-0.3, -0.25) is 4.98 Å². The Kier molecular flexibility index (Phi) is 2.53. The van der Waals surface area contributed by atoms with E-state index in [4.69, 9.17) is 0 Å². The van der Waals surface area contributed by atoms with Crippen LogP contribution in [0.1, 0.15) is 5.69 Å². The summed E-state index contributed by atoms with van der Waals surface area (Å²) in [5.74, 6) is 0.109. The Labute approximate surface area is 84.3 Å². The zero-order valence-electron chi connectivity index (χ0n) is 6.48. The third-order valence-electron chi connectivity index (χ3n) is 1.53. The molecule has 3 nitrogen and oxygen atoms in total. The van der Waals surface area contributed by atoms with Crippen LogP contribution in [0.5, 0.6) is 5.88 Å². The standard InChI is InChI=1S/C8H7N2O.W/c1-6-5-8(11)10-4-2-3-7(10)9-6;/h2-4,11H,1H3;/q-1;. The zero-order valence-corrected chi connectivity index (χ0v) is 9.42. The first-order chi connectivity index (χ1) is 5.27. The van der Waals surface area contributed by atoms with Gasteiger partial charge in [0.1, 0.15) is 5.65 Å². The van der Waals surface area contributed by atoms with Crippen LogP contribution in [-0.2, 0) is 21.1 Å². The summed E-state index contributed by atoms with van der Waals surface area (Å²) in [7, 11) is 0. The van der Waals surface area contributed by atoms with Gasteiger partial charge in [-0.15, -0.1) is 5.69 Å². The Balaban J connectivity index is 0.000000720. The molecule has 2 heterocycles. The fraction of sp³-hybridized carbons (Fsp3) is 0.125. The van der Waals surface area contributed by atoms with Crippen LogP contribution in [0.15, 0.2) is 18.3 Å². The molecule has 0 fully saturated rings. The summed E-state index contributed by atoms with van der Waals surface area (Å²) in [5, 5.41) is 9.31. The number of aryl methyl sites for hydroxylation is 1. The first-order valence-electron chi connectivity index (χ1n) is 3.33. The van der Waals surface area contributed by atoms with Crippen LogP contribution < -0.4 is 0 Å². The summed E-state index contributed by atoms with van der Waals surface area (Å²) in [5.41, 5.74) is 1.45. The molecule has 0 saturated carbocycles. The van der Waals surface area contributed by atoms with Crippen LogP contribution in [-0.4, -0.2) is 14.5 Å². The van der Waals surface area contributed by atoms with Crippen molar-refractivity contribution < 1.29 is 26.2 Å². The molecule has 12 heavy (non-hydrogen) atoms. The van der Waals surface area contributed by atoms with Crippen LogP contribution in [0.4, 0.5) is 0 Å². The van der Waals surface area contributed by atoms with Crippen molar-refractivity contribution in [2.45, 2.75) is 6.92 Å². The fourth-order valence-corrected chi connectivity index (χ4v) is 1.06. The molecule has 1 N–H and O–H groups in total. The molecule has 2 rings (SSSR count). The minimum absolute atomic E-state index is 0. The van der Waals surface area contributed by atoms with Gasteiger partial charge in [0, 0.05) is 33.1 Å². The monoisotopic (exact) mass is 331 g/mol. The second kappa shape index (κ2) is 3.28. The van der Waals surface area contributed by atoms with Crippen molar-refractivity contribution in [2.75, 3.05) is 0 Å². The average molecular weight is 331 g/mol. The van der Waals surface area contributed by atoms with Gasteiger partial charge in [-0.2, -0.15) is 0 Å². The van der Waals surface area contributed by atoms with Crippen molar-refractivity contribution in [3.63, 3.8) is 0 Å². The number of rotatable bonds is 0. The summed E-state index contributed by atoms with van der Waals surface area (Å²) in [6.07, 6.45) is 1.74. The molecular weight excluding hydrogens is 324 g/mol. The van der Waals surface area contributed by atoms with Gasteiger partial charge < -0.3 is 15.6 Å². The Bertz CT molecular complexity index is 397. The number of aromatic nitrogens is 2. The van der Waals surface area contributed by atoms with E-state index in [9.17, 15) is 5.11 Å². The van der Waals surface area contributed by atoms with Gasteiger partial charge >= 0.3 is 0 Å². The quantitative estimate of drug-likeness (QED) is 0.736. The normalized spacial score (nSPS) is 9.75. The average Bonchev–Trinajstić information content (AvgIpc) is 2.34. The molecule has 0 aromatic carbocycles.